The lowest BCUT2D eigenvalue weighted by molar-refractivity contribution is -0.160. The first kappa shape index (κ1) is 11.1. The molecule has 1 aliphatic rings. The van der Waals surface area contributed by atoms with Crippen molar-refractivity contribution in [2.24, 2.45) is 5.92 Å². The molecule has 0 radical (unpaired) electrons. The number of ether oxygens (including phenoxy) is 1. The predicted octanol–water partition coefficient (Wildman–Crippen LogP) is 2.07. The Morgan fingerprint density at radius 2 is 2.07 bits per heavy atom. The topological polar surface area (TPSA) is 38.3 Å². The van der Waals surface area contributed by atoms with Gasteiger partial charge in [-0.15, -0.1) is 0 Å². The van der Waals surface area contributed by atoms with E-state index in [1.807, 2.05) is 6.92 Å². The number of alkyl halides is 3. The largest absolute Gasteiger partial charge is 0.440 e. The van der Waals surface area contributed by atoms with E-state index in [2.05, 4.69) is 10.1 Å². The maximum atomic E-state index is 11.6. The molecule has 1 fully saturated rings. The van der Waals surface area contributed by atoms with Crippen molar-refractivity contribution in [1.29, 1.82) is 0 Å². The number of halogens is 3. The van der Waals surface area contributed by atoms with Crippen molar-refractivity contribution in [3.8, 4) is 0 Å². The van der Waals surface area contributed by atoms with E-state index in [1.54, 1.807) is 0 Å². The highest BCUT2D eigenvalue weighted by Crippen LogP contribution is 2.26. The SMILES string of the molecule is CC1CC(NC(=O)OCC(F)(F)F)C1. The Balaban J connectivity index is 2.11. The number of nitrogens with one attached hydrogen (secondary N) is 1. The summed E-state index contributed by atoms with van der Waals surface area (Å²) >= 11 is 0. The smallest absolute Gasteiger partial charge is 0.422 e. The monoisotopic (exact) mass is 211 g/mol. The van der Waals surface area contributed by atoms with Crippen molar-refractivity contribution in [1.82, 2.24) is 5.32 Å². The number of hydrogen-bond acceptors (Lipinski definition) is 2. The first-order valence-corrected chi connectivity index (χ1v) is 4.37. The van der Waals surface area contributed by atoms with Crippen molar-refractivity contribution < 1.29 is 22.7 Å². The summed E-state index contributed by atoms with van der Waals surface area (Å²) in [7, 11) is 0. The van der Waals surface area contributed by atoms with E-state index in [4.69, 9.17) is 0 Å². The third-order valence-corrected chi connectivity index (χ3v) is 2.06. The van der Waals surface area contributed by atoms with Gasteiger partial charge in [0.15, 0.2) is 6.61 Å². The number of alkyl carbamates (subject to hydrolysis) is 1. The number of rotatable bonds is 2. The molecule has 0 atom stereocenters. The van der Waals surface area contributed by atoms with Crippen LogP contribution in [-0.4, -0.2) is 24.9 Å². The molecule has 14 heavy (non-hydrogen) atoms. The van der Waals surface area contributed by atoms with Crippen LogP contribution in [0.2, 0.25) is 0 Å². The van der Waals surface area contributed by atoms with Gasteiger partial charge in [0.1, 0.15) is 0 Å². The van der Waals surface area contributed by atoms with Gasteiger partial charge in [-0.3, -0.25) is 0 Å². The maximum absolute atomic E-state index is 11.6. The molecule has 0 aromatic rings. The van der Waals surface area contributed by atoms with E-state index in [0.717, 1.165) is 12.8 Å². The molecule has 0 spiro atoms. The molecule has 1 N–H and O–H groups in total. The van der Waals surface area contributed by atoms with Crippen molar-refractivity contribution in [3.63, 3.8) is 0 Å². The molecule has 0 aromatic carbocycles. The molecule has 3 nitrogen and oxygen atoms in total. The molecule has 1 aliphatic carbocycles. The molecule has 0 aromatic heterocycles. The average molecular weight is 211 g/mol. The second-order valence-corrected chi connectivity index (χ2v) is 3.61. The highest BCUT2D eigenvalue weighted by Gasteiger charge is 2.31. The molecule has 0 unspecified atom stereocenters. The number of hydrogen-bond donors (Lipinski definition) is 1. The van der Waals surface area contributed by atoms with E-state index in [1.165, 1.54) is 0 Å². The minimum Gasteiger partial charge on any atom is -0.440 e. The molecular formula is C8H12F3NO2. The fourth-order valence-electron chi connectivity index (χ4n) is 1.38. The first-order valence-electron chi connectivity index (χ1n) is 4.37. The molecule has 0 heterocycles. The van der Waals surface area contributed by atoms with Crippen LogP contribution in [-0.2, 0) is 4.74 Å². The Morgan fingerprint density at radius 1 is 1.50 bits per heavy atom. The quantitative estimate of drug-likeness (QED) is 0.759. The van der Waals surface area contributed by atoms with Crippen LogP contribution in [0.3, 0.4) is 0 Å². The van der Waals surface area contributed by atoms with Gasteiger partial charge >= 0.3 is 12.3 Å². The van der Waals surface area contributed by atoms with Crippen LogP contribution in [0.25, 0.3) is 0 Å². The van der Waals surface area contributed by atoms with Gasteiger partial charge in [0.2, 0.25) is 0 Å². The summed E-state index contributed by atoms with van der Waals surface area (Å²) in [5.74, 6) is 0.530. The highest BCUT2D eigenvalue weighted by atomic mass is 19.4. The molecule has 1 rings (SSSR count). The summed E-state index contributed by atoms with van der Waals surface area (Å²) in [5, 5.41) is 2.36. The first-order chi connectivity index (χ1) is 6.37. The Hall–Kier alpha value is -0.940. The van der Waals surface area contributed by atoms with Crippen molar-refractivity contribution in [3.05, 3.63) is 0 Å². The maximum Gasteiger partial charge on any atom is 0.422 e. The van der Waals surface area contributed by atoms with Crippen LogP contribution in [0.4, 0.5) is 18.0 Å². The summed E-state index contributed by atoms with van der Waals surface area (Å²) < 4.78 is 38.8. The van der Waals surface area contributed by atoms with Crippen molar-refractivity contribution in [2.75, 3.05) is 6.61 Å². The molecular weight excluding hydrogens is 199 g/mol. The summed E-state index contributed by atoms with van der Waals surface area (Å²) in [6.07, 6.45) is -3.83. The summed E-state index contributed by atoms with van der Waals surface area (Å²) in [6.45, 7) is 0.486. The minimum atomic E-state index is -4.45. The van der Waals surface area contributed by atoms with E-state index < -0.39 is 18.9 Å². The van der Waals surface area contributed by atoms with Gasteiger partial charge in [-0.05, 0) is 18.8 Å². The van der Waals surface area contributed by atoms with Gasteiger partial charge in [-0.2, -0.15) is 13.2 Å². The van der Waals surface area contributed by atoms with E-state index >= 15 is 0 Å². The predicted molar refractivity (Wildman–Crippen MR) is 42.7 cm³/mol. The van der Waals surface area contributed by atoms with Crippen molar-refractivity contribution in [2.45, 2.75) is 32.0 Å². The number of amides is 1. The molecule has 6 heteroatoms. The van der Waals surface area contributed by atoms with Gasteiger partial charge < -0.3 is 10.1 Å². The average Bonchev–Trinajstić information content (AvgIpc) is 1.97. The van der Waals surface area contributed by atoms with Crippen molar-refractivity contribution >= 4 is 6.09 Å². The second-order valence-electron chi connectivity index (χ2n) is 3.61. The second kappa shape index (κ2) is 4.06. The summed E-state index contributed by atoms with van der Waals surface area (Å²) in [6, 6.07) is -0.0225. The summed E-state index contributed by atoms with van der Waals surface area (Å²) in [5.41, 5.74) is 0. The third kappa shape index (κ3) is 3.85. The normalized spacial score (nSPS) is 26.6. The lowest BCUT2D eigenvalue weighted by Gasteiger charge is -2.32. The zero-order valence-corrected chi connectivity index (χ0v) is 7.73. The fourth-order valence-corrected chi connectivity index (χ4v) is 1.38. The zero-order chi connectivity index (χ0) is 10.8. The number of carbonyl (C=O) groups excluding carboxylic acids is 1. The Bertz CT molecular complexity index is 211. The highest BCUT2D eigenvalue weighted by molar-refractivity contribution is 5.67. The molecule has 0 saturated heterocycles. The molecule has 1 amide bonds. The van der Waals surface area contributed by atoms with Crippen LogP contribution in [0, 0.1) is 5.92 Å². The van der Waals surface area contributed by atoms with E-state index in [0.29, 0.717) is 5.92 Å². The lowest BCUT2D eigenvalue weighted by Crippen LogP contribution is -2.44. The van der Waals surface area contributed by atoms with Gasteiger partial charge in [0.05, 0.1) is 0 Å². The van der Waals surface area contributed by atoms with Gasteiger partial charge in [-0.25, -0.2) is 4.79 Å². The molecule has 0 bridgehead atoms. The molecule has 1 saturated carbocycles. The Morgan fingerprint density at radius 3 is 2.50 bits per heavy atom. The van der Waals surface area contributed by atoms with E-state index in [-0.39, 0.29) is 6.04 Å². The fraction of sp³-hybridized carbons (Fsp3) is 0.875. The van der Waals surface area contributed by atoms with Gasteiger partial charge in [-0.1, -0.05) is 6.92 Å². The zero-order valence-electron chi connectivity index (χ0n) is 7.73. The summed E-state index contributed by atoms with van der Waals surface area (Å²) in [4.78, 5) is 10.8. The number of carbonyl (C=O) groups is 1. The lowest BCUT2D eigenvalue weighted by atomic mass is 9.82. The van der Waals surface area contributed by atoms with Gasteiger partial charge in [0.25, 0.3) is 0 Å². The van der Waals surface area contributed by atoms with Crippen LogP contribution in [0.15, 0.2) is 0 Å². The van der Waals surface area contributed by atoms with Crippen LogP contribution < -0.4 is 5.32 Å². The standard InChI is InChI=1S/C8H12F3NO2/c1-5-2-6(3-5)12-7(13)14-4-8(9,10)11/h5-6H,2-4H2,1H3,(H,12,13). The molecule has 82 valence electrons. The Kier molecular flexibility index (Phi) is 3.23. The van der Waals surface area contributed by atoms with E-state index in [9.17, 15) is 18.0 Å². The van der Waals surface area contributed by atoms with Gasteiger partial charge in [0, 0.05) is 6.04 Å². The van der Waals surface area contributed by atoms with Crippen LogP contribution >= 0.6 is 0 Å². The molecule has 0 aliphatic heterocycles. The van der Waals surface area contributed by atoms with Crippen LogP contribution in [0.5, 0.6) is 0 Å². The minimum absolute atomic E-state index is 0.0225. The Labute approximate surface area is 79.6 Å². The van der Waals surface area contributed by atoms with Crippen LogP contribution in [0.1, 0.15) is 19.8 Å². The third-order valence-electron chi connectivity index (χ3n) is 2.06.